The molecule has 11 nitrogen and oxygen atoms in total. The van der Waals surface area contributed by atoms with Crippen molar-refractivity contribution in [1.29, 1.82) is 0 Å². The molecular formula is C82H49N11. The van der Waals surface area contributed by atoms with Gasteiger partial charge in [-0.25, -0.2) is 29.9 Å². The topological polar surface area (TPSA) is 101 Å². The first-order valence-electron chi connectivity index (χ1n) is 31.3. The highest BCUT2D eigenvalue weighted by Crippen LogP contribution is 2.42. The first kappa shape index (κ1) is 51.1. The highest BCUT2D eigenvalue weighted by molar-refractivity contribution is 6.19. The van der Waals surface area contributed by atoms with E-state index < -0.39 is 0 Å². The Labute approximate surface area is 530 Å². The van der Waals surface area contributed by atoms with Gasteiger partial charge in [0.1, 0.15) is 28.2 Å². The molecule has 0 aliphatic rings. The van der Waals surface area contributed by atoms with Crippen LogP contribution in [0, 0.1) is 0 Å². The van der Waals surface area contributed by atoms with Crippen molar-refractivity contribution >= 4 is 110 Å². The number of nitrogens with zero attached hydrogens (tertiary/aromatic N) is 11. The van der Waals surface area contributed by atoms with Crippen LogP contribution in [0.2, 0.25) is 0 Å². The fourth-order valence-electron chi connectivity index (χ4n) is 14.5. The van der Waals surface area contributed by atoms with Gasteiger partial charge in [-0.3, -0.25) is 22.5 Å². The van der Waals surface area contributed by atoms with Gasteiger partial charge < -0.3 is 0 Å². The molecule has 0 bridgehead atoms. The largest absolute Gasteiger partial charge is 0.294 e. The Balaban J connectivity index is 0.675. The third kappa shape index (κ3) is 7.65. The van der Waals surface area contributed by atoms with Crippen LogP contribution < -0.4 is 0 Å². The molecule has 20 aromatic rings. The lowest BCUT2D eigenvalue weighted by atomic mass is 10.0. The van der Waals surface area contributed by atoms with Gasteiger partial charge in [-0.05, 0) is 107 Å². The molecule has 0 amide bonds. The van der Waals surface area contributed by atoms with Crippen molar-refractivity contribution in [3.05, 3.63) is 297 Å². The van der Waals surface area contributed by atoms with Crippen LogP contribution in [0.5, 0.6) is 0 Å². The first-order valence-corrected chi connectivity index (χ1v) is 31.3. The lowest BCUT2D eigenvalue weighted by Crippen LogP contribution is -2.01. The number of imidazole rings is 3. The minimum atomic E-state index is 0.573. The quantitative estimate of drug-likeness (QED) is 0.141. The minimum absolute atomic E-state index is 0.573. The summed E-state index contributed by atoms with van der Waals surface area (Å²) in [6, 6.07) is 105. The van der Waals surface area contributed by atoms with Crippen molar-refractivity contribution in [1.82, 2.24) is 52.4 Å². The molecule has 432 valence electrons. The number of hydrogen-bond acceptors (Lipinski definition) is 6. The molecule has 0 radical (unpaired) electrons. The van der Waals surface area contributed by atoms with Crippen LogP contribution in [0.1, 0.15) is 0 Å². The van der Waals surface area contributed by atoms with E-state index in [1.165, 1.54) is 21.5 Å². The number of pyridine rings is 2. The molecular weight excluding hydrogens is 1140 g/mol. The summed E-state index contributed by atoms with van der Waals surface area (Å²) in [4.78, 5) is 32.0. The third-order valence-electron chi connectivity index (χ3n) is 18.7. The van der Waals surface area contributed by atoms with Gasteiger partial charge in [0.15, 0.2) is 28.8 Å². The van der Waals surface area contributed by atoms with Crippen LogP contribution in [-0.2, 0) is 0 Å². The molecule has 12 aromatic carbocycles. The highest BCUT2D eigenvalue weighted by atomic mass is 15.2. The monoisotopic (exact) mass is 1190 g/mol. The molecule has 0 spiro atoms. The van der Waals surface area contributed by atoms with Crippen LogP contribution in [0.3, 0.4) is 0 Å². The fraction of sp³-hybridized carbons (Fsp3) is 0. The van der Waals surface area contributed by atoms with Gasteiger partial charge >= 0.3 is 0 Å². The molecule has 0 aliphatic heterocycles. The summed E-state index contributed by atoms with van der Waals surface area (Å²) in [6.07, 6.45) is 0. The van der Waals surface area contributed by atoms with Crippen LogP contribution >= 0.6 is 0 Å². The zero-order chi connectivity index (χ0) is 60.8. The second-order valence-corrected chi connectivity index (χ2v) is 23.9. The molecule has 93 heavy (non-hydrogen) atoms. The normalized spacial score (nSPS) is 12.1. The zero-order valence-electron chi connectivity index (χ0n) is 49.7. The Bertz CT molecular complexity index is 6470. The number of benzene rings is 12. The van der Waals surface area contributed by atoms with E-state index in [1.54, 1.807) is 0 Å². The second kappa shape index (κ2) is 19.8. The molecule has 8 heterocycles. The van der Waals surface area contributed by atoms with Crippen molar-refractivity contribution in [2.75, 3.05) is 0 Å². The van der Waals surface area contributed by atoms with E-state index in [1.807, 2.05) is 18.2 Å². The Morgan fingerprint density at radius 1 is 0.215 bits per heavy atom. The second-order valence-electron chi connectivity index (χ2n) is 23.9. The third-order valence-corrected chi connectivity index (χ3v) is 18.7. The van der Waals surface area contributed by atoms with Crippen molar-refractivity contribution in [3.63, 3.8) is 0 Å². The van der Waals surface area contributed by atoms with E-state index in [9.17, 15) is 0 Å². The lowest BCUT2D eigenvalue weighted by Gasteiger charge is -2.14. The average Bonchev–Trinajstić information content (AvgIpc) is 1.56. The number of hydrogen-bond donors (Lipinski definition) is 0. The Kier molecular flexibility index (Phi) is 10.9. The molecule has 0 saturated carbocycles. The van der Waals surface area contributed by atoms with Gasteiger partial charge in [-0.15, -0.1) is 0 Å². The summed E-state index contributed by atoms with van der Waals surface area (Å²) in [5.74, 6) is 2.60. The summed E-state index contributed by atoms with van der Waals surface area (Å²) in [7, 11) is 0. The van der Waals surface area contributed by atoms with Gasteiger partial charge in [0, 0.05) is 71.6 Å². The van der Waals surface area contributed by atoms with E-state index in [0.717, 1.165) is 145 Å². The maximum atomic E-state index is 5.54. The Morgan fingerprint density at radius 2 is 0.634 bits per heavy atom. The zero-order valence-corrected chi connectivity index (χ0v) is 49.7. The number of fused-ring (bicyclic) bond motifs is 21. The van der Waals surface area contributed by atoms with E-state index in [4.69, 9.17) is 29.9 Å². The molecule has 0 aliphatic carbocycles. The first-order chi connectivity index (χ1) is 46.1. The molecule has 0 fully saturated rings. The van der Waals surface area contributed by atoms with Crippen LogP contribution in [-0.4, -0.2) is 52.4 Å². The molecule has 0 unspecified atom stereocenters. The fourth-order valence-corrected chi connectivity index (χ4v) is 14.5. The predicted octanol–water partition coefficient (Wildman–Crippen LogP) is 19.6. The summed E-state index contributed by atoms with van der Waals surface area (Å²) in [6.45, 7) is 0. The maximum absolute atomic E-state index is 5.54. The van der Waals surface area contributed by atoms with Gasteiger partial charge in [0.05, 0.1) is 33.1 Å². The number of aromatic nitrogens is 11. The summed E-state index contributed by atoms with van der Waals surface area (Å²) in [5.41, 5.74) is 20.9. The number of para-hydroxylation sites is 6. The SMILES string of the molecule is c1ccc(-c2nc(-c3ccc(-c4ccc(-n5c(-c6cccc(-n7c8ccccc8c8nc9c%10ccccc%10c%10ccccc%10n9c87)c6)nc6ccccc65)cc4)cc3)nc(-c3ccc4c(c3)c3nc5c6ccccc6c6ccccc6n5c3n4-c3ccccc3)n2)cc1. The van der Waals surface area contributed by atoms with Gasteiger partial charge in [-0.1, -0.05) is 212 Å². The van der Waals surface area contributed by atoms with Crippen LogP contribution in [0.25, 0.3) is 184 Å². The molecule has 0 atom stereocenters. The maximum Gasteiger partial charge on any atom is 0.164 e. The molecule has 8 aromatic heterocycles. The van der Waals surface area contributed by atoms with Gasteiger partial charge in [-0.2, -0.15) is 0 Å². The smallest absolute Gasteiger partial charge is 0.164 e. The highest BCUT2D eigenvalue weighted by Gasteiger charge is 2.26. The summed E-state index contributed by atoms with van der Waals surface area (Å²) < 4.78 is 11.7. The van der Waals surface area contributed by atoms with Gasteiger partial charge in [0.25, 0.3) is 0 Å². The van der Waals surface area contributed by atoms with E-state index in [2.05, 4.69) is 302 Å². The summed E-state index contributed by atoms with van der Waals surface area (Å²) in [5, 5.41) is 9.05. The molecule has 11 heteroatoms. The van der Waals surface area contributed by atoms with Crippen molar-refractivity contribution in [2.45, 2.75) is 0 Å². The van der Waals surface area contributed by atoms with Crippen LogP contribution in [0.4, 0.5) is 0 Å². The molecule has 0 saturated heterocycles. The Hall–Kier alpha value is -12.9. The lowest BCUT2D eigenvalue weighted by molar-refractivity contribution is 1.07. The predicted molar refractivity (Wildman–Crippen MR) is 378 cm³/mol. The van der Waals surface area contributed by atoms with Crippen LogP contribution in [0.15, 0.2) is 297 Å². The summed E-state index contributed by atoms with van der Waals surface area (Å²) >= 11 is 0. The van der Waals surface area contributed by atoms with E-state index in [-0.39, 0.29) is 0 Å². The standard InChI is InChI=1S/C82H49N11/c1-3-20-52(21-4-1)75-86-76(88-77(87-75)54-44-47-71-66(49-54)74-82(90(71)56-23-5-2-6-24-56)93-69-35-16-12-29-62(69)60-27-8-10-31-64(60)80(93)85-74)53-40-38-50(39-41-53)51-42-45-57(46-43-51)89-72-37-18-14-33-67(72)83-78(89)55-22-19-25-58(48-55)91-70-36-17-13-32-65(70)73-81(91)92-68-34-15-11-28-61(68)59-26-7-9-30-63(59)79(92)84-73/h1-49H. The molecule has 20 rings (SSSR count). The minimum Gasteiger partial charge on any atom is -0.294 e. The van der Waals surface area contributed by atoms with Crippen molar-refractivity contribution < 1.29 is 0 Å². The van der Waals surface area contributed by atoms with Crippen molar-refractivity contribution in [2.24, 2.45) is 0 Å². The average molecular weight is 1190 g/mol. The van der Waals surface area contributed by atoms with Crippen molar-refractivity contribution in [3.8, 4) is 73.7 Å². The van der Waals surface area contributed by atoms with E-state index in [0.29, 0.717) is 17.5 Å². The Morgan fingerprint density at radius 3 is 1.27 bits per heavy atom. The number of rotatable bonds is 8. The van der Waals surface area contributed by atoms with E-state index >= 15 is 0 Å². The molecule has 0 N–H and O–H groups in total. The van der Waals surface area contributed by atoms with Gasteiger partial charge in [0.2, 0.25) is 0 Å².